The number of aromatic nitrogens is 2. The maximum atomic E-state index is 12.5. The van der Waals surface area contributed by atoms with Crippen LogP contribution in [0, 0.1) is 20.8 Å². The zero-order valence-corrected chi connectivity index (χ0v) is 18.3. The molecule has 1 aliphatic heterocycles. The van der Waals surface area contributed by atoms with Gasteiger partial charge in [0, 0.05) is 21.6 Å². The van der Waals surface area contributed by atoms with Gasteiger partial charge in [0.25, 0.3) is 5.91 Å². The van der Waals surface area contributed by atoms with Crippen LogP contribution in [0.15, 0.2) is 47.4 Å². The number of nitrogens with zero attached hydrogens (tertiary/aromatic N) is 2. The maximum absolute atomic E-state index is 12.5. The highest BCUT2D eigenvalue weighted by atomic mass is 32.2. The molecule has 0 spiro atoms. The molecule has 4 bridgehead atoms. The summed E-state index contributed by atoms with van der Waals surface area (Å²) >= 11 is 1.36. The van der Waals surface area contributed by atoms with Gasteiger partial charge < -0.3 is 10.1 Å². The van der Waals surface area contributed by atoms with Gasteiger partial charge in [-0.1, -0.05) is 24.3 Å². The van der Waals surface area contributed by atoms with E-state index in [-0.39, 0.29) is 11.9 Å². The van der Waals surface area contributed by atoms with Gasteiger partial charge in [0.1, 0.15) is 6.61 Å². The van der Waals surface area contributed by atoms with Gasteiger partial charge >= 0.3 is 0 Å². The first-order valence-corrected chi connectivity index (χ1v) is 10.7. The van der Waals surface area contributed by atoms with Crippen molar-refractivity contribution in [2.45, 2.75) is 38.6 Å². The number of benzene rings is 2. The summed E-state index contributed by atoms with van der Waals surface area (Å²) < 4.78 is 9.25. The van der Waals surface area contributed by atoms with Crippen LogP contribution < -0.4 is 14.8 Å². The molecule has 2 heterocycles. The molecule has 4 rings (SSSR count). The molecule has 154 valence electrons. The van der Waals surface area contributed by atoms with Gasteiger partial charge in [-0.25, -0.2) is 4.98 Å². The van der Waals surface area contributed by atoms with Crippen molar-refractivity contribution in [3.63, 3.8) is 0 Å². The highest BCUT2D eigenvalue weighted by Crippen LogP contribution is 2.34. The van der Waals surface area contributed by atoms with E-state index in [0.29, 0.717) is 24.0 Å². The van der Waals surface area contributed by atoms with E-state index in [2.05, 4.69) is 41.0 Å². The van der Waals surface area contributed by atoms with Gasteiger partial charge in [0.05, 0.1) is 11.7 Å². The molecule has 2 aromatic carbocycles. The molecule has 7 heteroatoms. The number of nitrogens with one attached hydrogen (secondary N) is 2. The monoisotopic (exact) mass is 420 g/mol. The van der Waals surface area contributed by atoms with Crippen LogP contribution >= 0.6 is 11.9 Å². The Morgan fingerprint density at radius 3 is 2.57 bits per heavy atom. The first kappa shape index (κ1) is 20.2. The number of aryl methyl sites for hydroxylation is 2. The van der Waals surface area contributed by atoms with Crippen molar-refractivity contribution < 1.29 is 9.53 Å². The summed E-state index contributed by atoms with van der Waals surface area (Å²) in [5.74, 6) is 0.853. The number of hydrogen-bond donors (Lipinski definition) is 2. The van der Waals surface area contributed by atoms with Gasteiger partial charge in [-0.3, -0.25) is 9.52 Å². The molecule has 1 aliphatic rings. The fourth-order valence-electron chi connectivity index (χ4n) is 3.47. The number of carbonyl (C=O) groups is 1. The molecule has 0 saturated heterocycles. The van der Waals surface area contributed by atoms with E-state index in [1.807, 2.05) is 38.1 Å². The van der Waals surface area contributed by atoms with Crippen LogP contribution in [0.2, 0.25) is 0 Å². The molecule has 30 heavy (non-hydrogen) atoms. The second-order valence-corrected chi connectivity index (χ2v) is 8.39. The van der Waals surface area contributed by atoms with Crippen LogP contribution in [-0.4, -0.2) is 28.5 Å². The van der Waals surface area contributed by atoms with Crippen LogP contribution in [0.5, 0.6) is 5.88 Å². The third-order valence-corrected chi connectivity index (χ3v) is 5.80. The Bertz CT molecular complexity index is 1100. The predicted molar refractivity (Wildman–Crippen MR) is 120 cm³/mol. The molecule has 0 aliphatic carbocycles. The van der Waals surface area contributed by atoms with Gasteiger partial charge in [0.2, 0.25) is 11.8 Å². The second-order valence-electron chi connectivity index (χ2n) is 7.51. The van der Waals surface area contributed by atoms with Crippen LogP contribution in [0.1, 0.15) is 34.0 Å². The third-order valence-electron chi connectivity index (χ3n) is 5.02. The standard InChI is InChI=1S/C23H24N4O2S/c1-13-7-5-8-14(2)19(13)20-16(4)22-26-23(25-20)27-30-18-10-6-9-17(11-18)21(28)24-15(3)12-29-22/h5-11,15H,12H2,1-4H3,(H,24,28)(H,25,26,27). The molecular weight excluding hydrogens is 396 g/mol. The molecule has 6 nitrogen and oxygen atoms in total. The molecule has 1 unspecified atom stereocenters. The van der Waals surface area contributed by atoms with E-state index in [1.165, 1.54) is 11.9 Å². The molecule has 1 atom stereocenters. The smallest absolute Gasteiger partial charge is 0.251 e. The third kappa shape index (κ3) is 4.11. The highest BCUT2D eigenvalue weighted by molar-refractivity contribution is 8.00. The molecule has 2 N–H and O–H groups in total. The van der Waals surface area contributed by atoms with E-state index in [4.69, 9.17) is 9.72 Å². The number of ether oxygens (including phenoxy) is 1. The van der Waals surface area contributed by atoms with Crippen LogP contribution in [0.3, 0.4) is 0 Å². The van der Waals surface area contributed by atoms with Gasteiger partial charge in [-0.2, -0.15) is 4.98 Å². The number of hydrogen-bond acceptors (Lipinski definition) is 6. The normalized spacial score (nSPS) is 16.3. The lowest BCUT2D eigenvalue weighted by Gasteiger charge is -2.18. The Kier molecular flexibility index (Phi) is 5.63. The minimum absolute atomic E-state index is 0.126. The van der Waals surface area contributed by atoms with Gasteiger partial charge in [-0.05, 0) is 69.0 Å². The quantitative estimate of drug-likeness (QED) is 0.556. The molecule has 3 aromatic rings. The second kappa shape index (κ2) is 8.36. The number of fused-ring (bicyclic) bond motifs is 4. The minimum Gasteiger partial charge on any atom is -0.475 e. The number of carbonyl (C=O) groups excluding carboxylic acids is 1. The summed E-state index contributed by atoms with van der Waals surface area (Å²) in [6.07, 6.45) is 0. The number of amides is 1. The van der Waals surface area contributed by atoms with E-state index >= 15 is 0 Å². The minimum atomic E-state index is -0.177. The zero-order valence-electron chi connectivity index (χ0n) is 17.4. The Morgan fingerprint density at radius 1 is 1.07 bits per heavy atom. The van der Waals surface area contributed by atoms with Crippen molar-refractivity contribution in [3.8, 4) is 17.1 Å². The summed E-state index contributed by atoms with van der Waals surface area (Å²) in [5.41, 5.74) is 5.70. The van der Waals surface area contributed by atoms with Crippen molar-refractivity contribution in [1.82, 2.24) is 15.3 Å². The van der Waals surface area contributed by atoms with Crippen molar-refractivity contribution >= 4 is 23.8 Å². The largest absolute Gasteiger partial charge is 0.475 e. The lowest BCUT2D eigenvalue weighted by Crippen LogP contribution is -2.36. The van der Waals surface area contributed by atoms with Crippen molar-refractivity contribution in [1.29, 1.82) is 0 Å². The molecule has 1 amide bonds. The zero-order chi connectivity index (χ0) is 21.3. The molecule has 0 saturated carbocycles. The summed E-state index contributed by atoms with van der Waals surface area (Å²) in [7, 11) is 0. The fourth-order valence-corrected chi connectivity index (χ4v) is 4.10. The predicted octanol–water partition coefficient (Wildman–Crippen LogP) is 4.70. The SMILES string of the molecule is Cc1cccc(C)c1-c1nc2nc(c1C)OCC(C)NC(=O)c1cccc(c1)SN2. The van der Waals surface area contributed by atoms with Gasteiger partial charge in [0.15, 0.2) is 0 Å². The molecule has 1 aromatic heterocycles. The van der Waals surface area contributed by atoms with Crippen LogP contribution in [-0.2, 0) is 0 Å². The Labute approximate surface area is 180 Å². The number of anilines is 1. The van der Waals surface area contributed by atoms with Crippen molar-refractivity contribution in [3.05, 3.63) is 64.7 Å². The summed E-state index contributed by atoms with van der Waals surface area (Å²) in [6, 6.07) is 13.5. The van der Waals surface area contributed by atoms with Crippen LogP contribution in [0.25, 0.3) is 11.3 Å². The summed E-state index contributed by atoms with van der Waals surface area (Å²) in [6.45, 7) is 8.36. The first-order valence-electron chi connectivity index (χ1n) is 9.84. The van der Waals surface area contributed by atoms with E-state index in [1.54, 1.807) is 6.07 Å². The Morgan fingerprint density at radius 2 is 1.80 bits per heavy atom. The van der Waals surface area contributed by atoms with E-state index in [0.717, 1.165) is 32.8 Å². The Hall–Kier alpha value is -3.06. The topological polar surface area (TPSA) is 76.1 Å². The molecular formula is C23H24N4O2S. The van der Waals surface area contributed by atoms with E-state index < -0.39 is 0 Å². The van der Waals surface area contributed by atoms with Crippen LogP contribution in [0.4, 0.5) is 5.95 Å². The average Bonchev–Trinajstić information content (AvgIpc) is 2.72. The van der Waals surface area contributed by atoms with Crippen molar-refractivity contribution in [2.24, 2.45) is 0 Å². The Balaban J connectivity index is 1.81. The lowest BCUT2D eigenvalue weighted by atomic mass is 9.97. The fraction of sp³-hybridized carbons (Fsp3) is 0.261. The summed E-state index contributed by atoms with van der Waals surface area (Å²) in [5, 5.41) is 2.98. The van der Waals surface area contributed by atoms with E-state index in [9.17, 15) is 4.79 Å². The lowest BCUT2D eigenvalue weighted by molar-refractivity contribution is 0.0925. The molecule has 0 radical (unpaired) electrons. The average molecular weight is 421 g/mol. The van der Waals surface area contributed by atoms with Crippen molar-refractivity contribution in [2.75, 3.05) is 11.3 Å². The maximum Gasteiger partial charge on any atom is 0.251 e. The van der Waals surface area contributed by atoms with Gasteiger partial charge in [-0.15, -0.1) is 0 Å². The first-order chi connectivity index (χ1) is 14.4. The number of rotatable bonds is 1. The summed E-state index contributed by atoms with van der Waals surface area (Å²) in [4.78, 5) is 22.8. The molecule has 0 fully saturated rings. The highest BCUT2D eigenvalue weighted by Gasteiger charge is 2.19.